The van der Waals surface area contributed by atoms with E-state index in [4.69, 9.17) is 11.6 Å². The Hall–Kier alpha value is -0.530. The summed E-state index contributed by atoms with van der Waals surface area (Å²) in [6.07, 6.45) is 7.31. The Morgan fingerprint density at radius 2 is 1.90 bits per heavy atom. The van der Waals surface area contributed by atoms with E-state index in [9.17, 15) is 0 Å². The number of benzene rings is 1. The number of hydrogen-bond acceptors (Lipinski definition) is 1. The molecule has 0 aliphatic heterocycles. The number of aryl methyl sites for hydroxylation is 1. The van der Waals surface area contributed by atoms with Crippen molar-refractivity contribution >= 4 is 11.6 Å². The number of hydrogen-bond donors (Lipinski definition) is 1. The van der Waals surface area contributed by atoms with Crippen LogP contribution in [-0.4, -0.2) is 13.1 Å². The lowest BCUT2D eigenvalue weighted by Crippen LogP contribution is -2.36. The van der Waals surface area contributed by atoms with E-state index in [2.05, 4.69) is 51.2 Å². The molecule has 0 spiro atoms. The lowest BCUT2D eigenvalue weighted by molar-refractivity contribution is 0.229. The molecule has 1 unspecified atom stereocenters. The van der Waals surface area contributed by atoms with Crippen LogP contribution < -0.4 is 5.32 Å². The van der Waals surface area contributed by atoms with E-state index in [0.717, 1.165) is 24.5 Å². The maximum absolute atomic E-state index is 6.47. The first kappa shape index (κ1) is 18.5. The molecule has 0 amide bonds. The molecule has 0 bridgehead atoms. The molecule has 0 fully saturated rings. The van der Waals surface area contributed by atoms with Gasteiger partial charge in [0.25, 0.3) is 0 Å². The predicted octanol–water partition coefficient (Wildman–Crippen LogP) is 5.78. The molecule has 0 aliphatic rings. The van der Waals surface area contributed by atoms with Crippen molar-refractivity contribution in [3.63, 3.8) is 0 Å². The third-order valence-electron chi connectivity index (χ3n) is 4.51. The standard InChI is InChI=1S/C19H32ClN/c1-5-8-11-19(7-3,15-21-12-6-2)14-17-10-9-16(4)13-18(17)20/h9-10,13,21H,5-8,11-12,14-15H2,1-4H3. The lowest BCUT2D eigenvalue weighted by Gasteiger charge is -2.34. The molecular weight excluding hydrogens is 278 g/mol. The summed E-state index contributed by atoms with van der Waals surface area (Å²) >= 11 is 6.47. The van der Waals surface area contributed by atoms with Crippen molar-refractivity contribution in [3.8, 4) is 0 Å². The summed E-state index contributed by atoms with van der Waals surface area (Å²) in [5.41, 5.74) is 2.88. The van der Waals surface area contributed by atoms with Gasteiger partial charge in [-0.2, -0.15) is 0 Å². The Balaban J connectivity index is 2.87. The first-order valence-electron chi connectivity index (χ1n) is 8.52. The molecule has 1 aromatic carbocycles. The fourth-order valence-corrected chi connectivity index (χ4v) is 3.25. The molecule has 2 heteroatoms. The van der Waals surface area contributed by atoms with Gasteiger partial charge in [0.15, 0.2) is 0 Å². The van der Waals surface area contributed by atoms with Crippen LogP contribution in [0.2, 0.25) is 5.02 Å². The fourth-order valence-electron chi connectivity index (χ4n) is 2.95. The second kappa shape index (κ2) is 9.48. The summed E-state index contributed by atoms with van der Waals surface area (Å²) in [6.45, 7) is 11.1. The largest absolute Gasteiger partial charge is 0.316 e. The summed E-state index contributed by atoms with van der Waals surface area (Å²) in [5, 5.41) is 4.57. The normalized spacial score (nSPS) is 14.1. The minimum absolute atomic E-state index is 0.337. The Morgan fingerprint density at radius 1 is 1.14 bits per heavy atom. The van der Waals surface area contributed by atoms with Crippen molar-refractivity contribution in [3.05, 3.63) is 34.3 Å². The number of rotatable bonds is 10. The molecule has 1 atom stereocenters. The highest BCUT2D eigenvalue weighted by molar-refractivity contribution is 6.31. The van der Waals surface area contributed by atoms with Crippen LogP contribution in [0.25, 0.3) is 0 Å². The minimum Gasteiger partial charge on any atom is -0.316 e. The van der Waals surface area contributed by atoms with E-state index in [1.165, 1.54) is 43.2 Å². The molecule has 1 rings (SSSR count). The highest BCUT2D eigenvalue weighted by atomic mass is 35.5. The van der Waals surface area contributed by atoms with Gasteiger partial charge < -0.3 is 5.32 Å². The maximum Gasteiger partial charge on any atom is 0.0440 e. The Kier molecular flexibility index (Phi) is 8.36. The van der Waals surface area contributed by atoms with Crippen molar-refractivity contribution in [2.24, 2.45) is 5.41 Å². The maximum atomic E-state index is 6.47. The molecule has 0 heterocycles. The van der Waals surface area contributed by atoms with Gasteiger partial charge in [-0.25, -0.2) is 0 Å². The predicted molar refractivity (Wildman–Crippen MR) is 95.3 cm³/mol. The fraction of sp³-hybridized carbons (Fsp3) is 0.684. The van der Waals surface area contributed by atoms with Crippen molar-refractivity contribution < 1.29 is 0 Å². The van der Waals surface area contributed by atoms with Gasteiger partial charge in [0.05, 0.1) is 0 Å². The van der Waals surface area contributed by atoms with E-state index in [1.54, 1.807) is 0 Å². The molecule has 120 valence electrons. The van der Waals surface area contributed by atoms with Gasteiger partial charge in [-0.3, -0.25) is 0 Å². The second-order valence-electron chi connectivity index (χ2n) is 6.41. The van der Waals surface area contributed by atoms with Crippen LogP contribution in [0.5, 0.6) is 0 Å². The van der Waals surface area contributed by atoms with Crippen molar-refractivity contribution in [1.29, 1.82) is 0 Å². The third kappa shape index (κ3) is 6.00. The van der Waals surface area contributed by atoms with Gasteiger partial charge in [-0.05, 0) is 61.8 Å². The molecule has 1 nitrogen and oxygen atoms in total. The van der Waals surface area contributed by atoms with Gasteiger partial charge in [0, 0.05) is 11.6 Å². The Bertz CT molecular complexity index is 416. The number of halogens is 1. The topological polar surface area (TPSA) is 12.0 Å². The minimum atomic E-state index is 0.337. The molecule has 21 heavy (non-hydrogen) atoms. The SMILES string of the molecule is CCCCC(CC)(CNCCC)Cc1ccc(C)cc1Cl. The summed E-state index contributed by atoms with van der Waals surface area (Å²) in [6, 6.07) is 6.49. The Morgan fingerprint density at radius 3 is 2.48 bits per heavy atom. The Labute approximate surface area is 136 Å². The van der Waals surface area contributed by atoms with Gasteiger partial charge in [-0.1, -0.05) is 57.3 Å². The van der Waals surface area contributed by atoms with Crippen LogP contribution in [0.3, 0.4) is 0 Å². The zero-order chi connectivity index (χ0) is 15.7. The molecule has 0 aromatic heterocycles. The smallest absolute Gasteiger partial charge is 0.0440 e. The van der Waals surface area contributed by atoms with Gasteiger partial charge >= 0.3 is 0 Å². The second-order valence-corrected chi connectivity index (χ2v) is 6.81. The summed E-state index contributed by atoms with van der Waals surface area (Å²) in [7, 11) is 0. The van der Waals surface area contributed by atoms with Crippen molar-refractivity contribution in [2.75, 3.05) is 13.1 Å². The van der Waals surface area contributed by atoms with E-state index >= 15 is 0 Å². The van der Waals surface area contributed by atoms with Gasteiger partial charge in [-0.15, -0.1) is 0 Å². The third-order valence-corrected chi connectivity index (χ3v) is 4.86. The molecule has 0 aliphatic carbocycles. The van der Waals surface area contributed by atoms with Crippen LogP contribution in [0, 0.1) is 12.3 Å². The van der Waals surface area contributed by atoms with E-state index in [0.29, 0.717) is 5.41 Å². The summed E-state index contributed by atoms with van der Waals surface area (Å²) in [4.78, 5) is 0. The zero-order valence-corrected chi connectivity index (χ0v) is 15.0. The van der Waals surface area contributed by atoms with Crippen molar-refractivity contribution in [1.82, 2.24) is 5.32 Å². The average Bonchev–Trinajstić information content (AvgIpc) is 2.47. The summed E-state index contributed by atoms with van der Waals surface area (Å²) in [5.74, 6) is 0. The van der Waals surface area contributed by atoms with Crippen LogP contribution >= 0.6 is 11.6 Å². The number of nitrogens with one attached hydrogen (secondary N) is 1. The molecule has 1 N–H and O–H groups in total. The first-order valence-corrected chi connectivity index (χ1v) is 8.90. The monoisotopic (exact) mass is 309 g/mol. The molecule has 0 saturated carbocycles. The van der Waals surface area contributed by atoms with Gasteiger partial charge in [0.2, 0.25) is 0 Å². The zero-order valence-electron chi connectivity index (χ0n) is 14.3. The van der Waals surface area contributed by atoms with Gasteiger partial charge in [0.1, 0.15) is 0 Å². The highest BCUT2D eigenvalue weighted by Gasteiger charge is 2.28. The molecular formula is C19H32ClN. The first-order chi connectivity index (χ1) is 10.1. The van der Waals surface area contributed by atoms with Crippen molar-refractivity contribution in [2.45, 2.75) is 66.2 Å². The lowest BCUT2D eigenvalue weighted by atomic mass is 9.75. The van der Waals surface area contributed by atoms with E-state index in [1.807, 2.05) is 0 Å². The van der Waals surface area contributed by atoms with Crippen LogP contribution in [0.15, 0.2) is 18.2 Å². The molecule has 1 aromatic rings. The quantitative estimate of drug-likeness (QED) is 0.540. The molecule has 0 saturated heterocycles. The van der Waals surface area contributed by atoms with Crippen LogP contribution in [-0.2, 0) is 6.42 Å². The van der Waals surface area contributed by atoms with E-state index < -0.39 is 0 Å². The van der Waals surface area contributed by atoms with E-state index in [-0.39, 0.29) is 0 Å². The summed E-state index contributed by atoms with van der Waals surface area (Å²) < 4.78 is 0. The average molecular weight is 310 g/mol. The molecule has 0 radical (unpaired) electrons. The van der Waals surface area contributed by atoms with Crippen LogP contribution in [0.1, 0.15) is 64.0 Å². The van der Waals surface area contributed by atoms with Crippen LogP contribution in [0.4, 0.5) is 0 Å². The number of unbranched alkanes of at least 4 members (excludes halogenated alkanes) is 1. The highest BCUT2D eigenvalue weighted by Crippen LogP contribution is 2.35.